The van der Waals surface area contributed by atoms with Crippen molar-refractivity contribution < 1.29 is 10.2 Å². The molecule has 0 saturated carbocycles. The van der Waals surface area contributed by atoms with Crippen molar-refractivity contribution in [1.82, 2.24) is 0 Å². The molecule has 0 fully saturated rings. The Morgan fingerprint density at radius 3 is 2.30 bits per heavy atom. The van der Waals surface area contributed by atoms with E-state index in [0.717, 1.165) is 36.8 Å². The van der Waals surface area contributed by atoms with E-state index in [9.17, 15) is 10.2 Å². The summed E-state index contributed by atoms with van der Waals surface area (Å²) < 4.78 is 0. The Bertz CT molecular complexity index is 400. The molecule has 0 aliphatic carbocycles. The summed E-state index contributed by atoms with van der Waals surface area (Å²) in [5.41, 5.74) is 6.58. The van der Waals surface area contributed by atoms with Crippen molar-refractivity contribution in [1.29, 1.82) is 0 Å². The number of nitrogens with two attached hydrogens (primary N) is 1. The lowest BCUT2D eigenvalue weighted by molar-refractivity contribution is 0.0166. The lowest BCUT2D eigenvalue weighted by Gasteiger charge is -2.29. The quantitative estimate of drug-likeness (QED) is 0.685. The van der Waals surface area contributed by atoms with E-state index in [1.807, 2.05) is 31.2 Å². The summed E-state index contributed by atoms with van der Waals surface area (Å²) in [6, 6.07) is 7.70. The van der Waals surface area contributed by atoms with Crippen LogP contribution >= 0.6 is 0 Å². The van der Waals surface area contributed by atoms with Gasteiger partial charge in [-0.05, 0) is 36.4 Å². The molecule has 1 aromatic carbocycles. The smallest absolute Gasteiger partial charge is 0.0896 e. The molecule has 4 N–H and O–H groups in total. The van der Waals surface area contributed by atoms with Gasteiger partial charge in [0.2, 0.25) is 0 Å². The predicted molar refractivity (Wildman–Crippen MR) is 83.3 cm³/mol. The van der Waals surface area contributed by atoms with Gasteiger partial charge in [-0.25, -0.2) is 0 Å². The Balaban J connectivity index is 3.06. The highest BCUT2D eigenvalue weighted by Crippen LogP contribution is 2.33. The van der Waals surface area contributed by atoms with Gasteiger partial charge in [-0.15, -0.1) is 0 Å². The zero-order valence-corrected chi connectivity index (χ0v) is 13.0. The first kappa shape index (κ1) is 17.2. The minimum absolute atomic E-state index is 0.00990. The van der Waals surface area contributed by atoms with Gasteiger partial charge in [0.15, 0.2) is 0 Å². The third-order valence-electron chi connectivity index (χ3n) is 4.00. The maximum Gasteiger partial charge on any atom is 0.0896 e. The molecule has 0 aliphatic rings. The molecule has 0 spiro atoms. The molecular weight excluding hydrogens is 250 g/mol. The second kappa shape index (κ2) is 7.77. The first-order valence-corrected chi connectivity index (χ1v) is 7.69. The SMILES string of the molecule is CCCC(O)(CCC)c1cccc([C@H](O)[C@H](C)CN)c1. The van der Waals surface area contributed by atoms with Crippen molar-refractivity contribution in [2.24, 2.45) is 11.7 Å². The van der Waals surface area contributed by atoms with Gasteiger partial charge in [0.05, 0.1) is 11.7 Å². The minimum Gasteiger partial charge on any atom is -0.388 e. The van der Waals surface area contributed by atoms with Crippen molar-refractivity contribution in [2.45, 2.75) is 58.2 Å². The maximum absolute atomic E-state index is 10.9. The van der Waals surface area contributed by atoms with E-state index in [4.69, 9.17) is 5.73 Å². The van der Waals surface area contributed by atoms with Crippen LogP contribution in [0.1, 0.15) is 63.7 Å². The van der Waals surface area contributed by atoms with Gasteiger partial charge >= 0.3 is 0 Å². The van der Waals surface area contributed by atoms with Crippen LogP contribution in [0.15, 0.2) is 24.3 Å². The Hall–Kier alpha value is -0.900. The summed E-state index contributed by atoms with van der Waals surface area (Å²) in [5.74, 6) is 0.00990. The van der Waals surface area contributed by atoms with Crippen LogP contribution in [-0.4, -0.2) is 16.8 Å². The van der Waals surface area contributed by atoms with Crippen LogP contribution in [0.3, 0.4) is 0 Å². The van der Waals surface area contributed by atoms with E-state index in [1.54, 1.807) is 0 Å². The average Bonchev–Trinajstić information content (AvgIpc) is 2.46. The van der Waals surface area contributed by atoms with E-state index >= 15 is 0 Å². The third kappa shape index (κ3) is 4.05. The summed E-state index contributed by atoms with van der Waals surface area (Å²) >= 11 is 0. The topological polar surface area (TPSA) is 66.5 Å². The number of aliphatic hydroxyl groups is 2. The normalized spacial score (nSPS) is 15.1. The molecule has 0 unspecified atom stereocenters. The van der Waals surface area contributed by atoms with Crippen molar-refractivity contribution in [3.63, 3.8) is 0 Å². The Morgan fingerprint density at radius 2 is 1.80 bits per heavy atom. The molecule has 3 heteroatoms. The summed E-state index contributed by atoms with van der Waals surface area (Å²) in [6.07, 6.45) is 2.78. The lowest BCUT2D eigenvalue weighted by atomic mass is 9.83. The Kier molecular flexibility index (Phi) is 6.66. The zero-order valence-electron chi connectivity index (χ0n) is 13.0. The summed E-state index contributed by atoms with van der Waals surface area (Å²) in [7, 11) is 0. The van der Waals surface area contributed by atoms with Crippen LogP contribution < -0.4 is 5.73 Å². The lowest BCUT2D eigenvalue weighted by Crippen LogP contribution is -2.26. The summed E-state index contributed by atoms with van der Waals surface area (Å²) in [4.78, 5) is 0. The van der Waals surface area contributed by atoms with Crippen LogP contribution in [0, 0.1) is 5.92 Å². The van der Waals surface area contributed by atoms with E-state index in [0.29, 0.717) is 6.54 Å². The second-order valence-corrected chi connectivity index (χ2v) is 5.81. The van der Waals surface area contributed by atoms with Gasteiger partial charge in [0, 0.05) is 0 Å². The van der Waals surface area contributed by atoms with Gasteiger partial charge in [-0.3, -0.25) is 0 Å². The van der Waals surface area contributed by atoms with Crippen LogP contribution in [0.25, 0.3) is 0 Å². The van der Waals surface area contributed by atoms with Gasteiger partial charge in [0.1, 0.15) is 0 Å². The molecule has 0 aliphatic heterocycles. The fourth-order valence-corrected chi connectivity index (χ4v) is 2.71. The van der Waals surface area contributed by atoms with Gasteiger partial charge < -0.3 is 15.9 Å². The minimum atomic E-state index is -0.787. The van der Waals surface area contributed by atoms with Crippen molar-refractivity contribution in [3.05, 3.63) is 35.4 Å². The van der Waals surface area contributed by atoms with Crippen molar-refractivity contribution in [2.75, 3.05) is 6.54 Å². The summed E-state index contributed by atoms with van der Waals surface area (Å²) in [5, 5.41) is 21.2. The highest BCUT2D eigenvalue weighted by atomic mass is 16.3. The number of benzene rings is 1. The first-order chi connectivity index (χ1) is 9.48. The fourth-order valence-electron chi connectivity index (χ4n) is 2.71. The highest BCUT2D eigenvalue weighted by molar-refractivity contribution is 5.30. The molecule has 0 saturated heterocycles. The van der Waals surface area contributed by atoms with Crippen molar-refractivity contribution >= 4 is 0 Å². The number of rotatable bonds is 8. The molecule has 1 aromatic rings. The molecule has 1 rings (SSSR count). The molecule has 20 heavy (non-hydrogen) atoms. The van der Waals surface area contributed by atoms with Gasteiger partial charge in [-0.1, -0.05) is 57.9 Å². The van der Waals surface area contributed by atoms with E-state index in [-0.39, 0.29) is 5.92 Å². The number of aliphatic hydroxyl groups excluding tert-OH is 1. The van der Waals surface area contributed by atoms with Gasteiger partial charge in [0.25, 0.3) is 0 Å². The van der Waals surface area contributed by atoms with Crippen LogP contribution in [0.2, 0.25) is 0 Å². The Morgan fingerprint density at radius 1 is 1.20 bits per heavy atom. The van der Waals surface area contributed by atoms with E-state index in [1.165, 1.54) is 0 Å². The number of hydrogen-bond acceptors (Lipinski definition) is 3. The van der Waals surface area contributed by atoms with Crippen molar-refractivity contribution in [3.8, 4) is 0 Å². The van der Waals surface area contributed by atoms with Crippen LogP contribution in [0.5, 0.6) is 0 Å². The Labute approximate surface area is 122 Å². The molecule has 0 heterocycles. The fraction of sp³-hybridized carbons (Fsp3) is 0.647. The molecule has 0 amide bonds. The second-order valence-electron chi connectivity index (χ2n) is 5.81. The molecular formula is C17H29NO2. The highest BCUT2D eigenvalue weighted by Gasteiger charge is 2.28. The average molecular weight is 279 g/mol. The molecule has 0 radical (unpaired) electrons. The molecule has 3 nitrogen and oxygen atoms in total. The first-order valence-electron chi connectivity index (χ1n) is 7.69. The van der Waals surface area contributed by atoms with E-state index < -0.39 is 11.7 Å². The zero-order chi connectivity index (χ0) is 15.2. The van der Waals surface area contributed by atoms with Crippen LogP contribution in [0.4, 0.5) is 0 Å². The molecule has 0 aromatic heterocycles. The van der Waals surface area contributed by atoms with Crippen LogP contribution in [-0.2, 0) is 5.60 Å². The summed E-state index contributed by atoms with van der Waals surface area (Å²) in [6.45, 7) is 6.53. The van der Waals surface area contributed by atoms with E-state index in [2.05, 4.69) is 13.8 Å². The largest absolute Gasteiger partial charge is 0.388 e. The van der Waals surface area contributed by atoms with Gasteiger partial charge in [-0.2, -0.15) is 0 Å². The number of hydrogen-bond donors (Lipinski definition) is 3. The standard InChI is InChI=1S/C17H29NO2/c1-4-9-17(20,10-5-2)15-8-6-7-14(11-15)16(19)13(3)12-18/h6-8,11,13,16,19-20H,4-5,9-10,12,18H2,1-3H3/t13-,16-/m1/s1. The molecule has 2 atom stereocenters. The monoisotopic (exact) mass is 279 g/mol. The molecule has 114 valence electrons. The molecule has 0 bridgehead atoms. The predicted octanol–water partition coefficient (Wildman–Crippen LogP) is 3.10. The maximum atomic E-state index is 10.9. The third-order valence-corrected chi connectivity index (χ3v) is 4.00.